The third-order valence-electron chi connectivity index (χ3n) is 5.31. The molecule has 2 aliphatic rings. The number of nitrogens with zero attached hydrogens (tertiary/aromatic N) is 1. The van der Waals surface area contributed by atoms with E-state index in [9.17, 15) is 0 Å². The maximum Gasteiger partial charge on any atom is 0.0120 e. The van der Waals surface area contributed by atoms with E-state index in [0.29, 0.717) is 0 Å². The van der Waals surface area contributed by atoms with E-state index in [4.69, 9.17) is 0 Å². The van der Waals surface area contributed by atoms with E-state index in [2.05, 4.69) is 24.2 Å². The van der Waals surface area contributed by atoms with E-state index < -0.39 is 0 Å². The standard InChI is InChI=1S/C16H32N2/c1-3-15-6-4-5-7-16(15)18(2)13-10-14-8-11-17-12-9-14/h14-17H,3-13H2,1-2H3. The Morgan fingerprint density at radius 1 is 1.06 bits per heavy atom. The fourth-order valence-corrected chi connectivity index (χ4v) is 3.97. The first-order chi connectivity index (χ1) is 8.81. The molecule has 1 heterocycles. The van der Waals surface area contributed by atoms with Gasteiger partial charge in [-0.2, -0.15) is 0 Å². The molecule has 1 aliphatic carbocycles. The molecule has 18 heavy (non-hydrogen) atoms. The lowest BCUT2D eigenvalue weighted by Crippen LogP contribution is -2.41. The Kier molecular flexibility index (Phi) is 5.97. The molecule has 0 aromatic rings. The van der Waals surface area contributed by atoms with Crippen LogP contribution in [0.1, 0.15) is 58.3 Å². The van der Waals surface area contributed by atoms with E-state index in [1.165, 1.54) is 71.0 Å². The van der Waals surface area contributed by atoms with Crippen LogP contribution in [0, 0.1) is 11.8 Å². The molecule has 0 radical (unpaired) electrons. The topological polar surface area (TPSA) is 15.3 Å². The Morgan fingerprint density at radius 3 is 2.50 bits per heavy atom. The van der Waals surface area contributed by atoms with Crippen LogP contribution in [0.25, 0.3) is 0 Å². The van der Waals surface area contributed by atoms with E-state index in [-0.39, 0.29) is 0 Å². The van der Waals surface area contributed by atoms with Gasteiger partial charge in [-0.05, 0) is 70.6 Å². The molecule has 1 aliphatic heterocycles. The summed E-state index contributed by atoms with van der Waals surface area (Å²) >= 11 is 0. The van der Waals surface area contributed by atoms with Gasteiger partial charge in [0.15, 0.2) is 0 Å². The fourth-order valence-electron chi connectivity index (χ4n) is 3.97. The van der Waals surface area contributed by atoms with Crippen LogP contribution in [0.15, 0.2) is 0 Å². The lowest BCUT2D eigenvalue weighted by atomic mass is 9.82. The van der Waals surface area contributed by atoms with Crippen LogP contribution in [-0.2, 0) is 0 Å². The molecule has 2 heteroatoms. The summed E-state index contributed by atoms with van der Waals surface area (Å²) in [5.74, 6) is 1.95. The van der Waals surface area contributed by atoms with Gasteiger partial charge in [0.1, 0.15) is 0 Å². The zero-order valence-electron chi connectivity index (χ0n) is 12.5. The molecule has 1 saturated heterocycles. The summed E-state index contributed by atoms with van der Waals surface area (Å²) in [4.78, 5) is 2.69. The van der Waals surface area contributed by atoms with Crippen molar-refractivity contribution >= 4 is 0 Å². The van der Waals surface area contributed by atoms with Crippen molar-refractivity contribution in [3.05, 3.63) is 0 Å². The van der Waals surface area contributed by atoms with Gasteiger partial charge in [0, 0.05) is 6.04 Å². The van der Waals surface area contributed by atoms with Crippen LogP contribution in [0.5, 0.6) is 0 Å². The minimum atomic E-state index is 0.880. The van der Waals surface area contributed by atoms with Crippen LogP contribution in [0.3, 0.4) is 0 Å². The summed E-state index contributed by atoms with van der Waals surface area (Å²) in [5.41, 5.74) is 0. The van der Waals surface area contributed by atoms with Gasteiger partial charge >= 0.3 is 0 Å². The lowest BCUT2D eigenvalue weighted by molar-refractivity contribution is 0.118. The van der Waals surface area contributed by atoms with Crippen molar-refractivity contribution < 1.29 is 0 Å². The molecule has 0 aromatic carbocycles. The minimum Gasteiger partial charge on any atom is -0.317 e. The van der Waals surface area contributed by atoms with E-state index in [1.54, 1.807) is 0 Å². The second kappa shape index (κ2) is 7.49. The highest BCUT2D eigenvalue weighted by molar-refractivity contribution is 4.82. The van der Waals surface area contributed by atoms with Crippen LogP contribution < -0.4 is 5.32 Å². The largest absolute Gasteiger partial charge is 0.317 e. The Bertz CT molecular complexity index is 223. The second-order valence-electron chi connectivity index (χ2n) is 6.48. The summed E-state index contributed by atoms with van der Waals surface area (Å²) in [5, 5.41) is 3.47. The third kappa shape index (κ3) is 3.96. The molecular formula is C16H32N2. The van der Waals surface area contributed by atoms with Gasteiger partial charge < -0.3 is 10.2 Å². The molecule has 2 atom stereocenters. The summed E-state index contributed by atoms with van der Waals surface area (Å²) in [6.45, 7) is 6.19. The van der Waals surface area contributed by atoms with E-state index in [1.807, 2.05) is 0 Å². The van der Waals surface area contributed by atoms with Gasteiger partial charge in [0.2, 0.25) is 0 Å². The van der Waals surface area contributed by atoms with Crippen molar-refractivity contribution in [2.75, 3.05) is 26.7 Å². The molecule has 0 bridgehead atoms. The zero-order valence-corrected chi connectivity index (χ0v) is 12.5. The highest BCUT2D eigenvalue weighted by Crippen LogP contribution is 2.30. The van der Waals surface area contributed by atoms with E-state index >= 15 is 0 Å². The molecule has 1 N–H and O–H groups in total. The molecule has 0 amide bonds. The van der Waals surface area contributed by atoms with Crippen molar-refractivity contribution in [3.8, 4) is 0 Å². The Morgan fingerprint density at radius 2 is 1.78 bits per heavy atom. The Balaban J connectivity index is 1.73. The highest BCUT2D eigenvalue weighted by Gasteiger charge is 2.27. The molecule has 0 aromatic heterocycles. The van der Waals surface area contributed by atoms with Gasteiger partial charge in [-0.25, -0.2) is 0 Å². The number of hydrogen-bond donors (Lipinski definition) is 1. The molecule has 2 fully saturated rings. The Hall–Kier alpha value is -0.0800. The van der Waals surface area contributed by atoms with Gasteiger partial charge in [-0.3, -0.25) is 0 Å². The van der Waals surface area contributed by atoms with Crippen LogP contribution in [0.4, 0.5) is 0 Å². The van der Waals surface area contributed by atoms with Crippen molar-refractivity contribution in [3.63, 3.8) is 0 Å². The average Bonchev–Trinajstić information content (AvgIpc) is 2.45. The first-order valence-corrected chi connectivity index (χ1v) is 8.22. The maximum atomic E-state index is 3.47. The summed E-state index contributed by atoms with van der Waals surface area (Å²) in [6, 6.07) is 0.880. The van der Waals surface area contributed by atoms with Crippen molar-refractivity contribution in [2.24, 2.45) is 11.8 Å². The van der Waals surface area contributed by atoms with E-state index in [0.717, 1.165) is 17.9 Å². The monoisotopic (exact) mass is 252 g/mol. The highest BCUT2D eigenvalue weighted by atomic mass is 15.1. The van der Waals surface area contributed by atoms with Gasteiger partial charge in [0.25, 0.3) is 0 Å². The zero-order chi connectivity index (χ0) is 12.8. The smallest absolute Gasteiger partial charge is 0.0120 e. The van der Waals surface area contributed by atoms with Crippen molar-refractivity contribution in [1.29, 1.82) is 0 Å². The van der Waals surface area contributed by atoms with Gasteiger partial charge in [-0.15, -0.1) is 0 Å². The SMILES string of the molecule is CCC1CCCCC1N(C)CCC1CCNCC1. The second-order valence-corrected chi connectivity index (χ2v) is 6.48. The molecule has 106 valence electrons. The molecule has 2 nitrogen and oxygen atoms in total. The van der Waals surface area contributed by atoms with Crippen LogP contribution >= 0.6 is 0 Å². The first kappa shape index (κ1) is 14.3. The average molecular weight is 252 g/mol. The van der Waals surface area contributed by atoms with Crippen molar-refractivity contribution in [2.45, 2.75) is 64.3 Å². The lowest BCUT2D eigenvalue weighted by Gasteiger charge is -2.38. The predicted octanol–water partition coefficient (Wildman–Crippen LogP) is 3.28. The predicted molar refractivity (Wildman–Crippen MR) is 78.9 cm³/mol. The number of rotatable bonds is 5. The molecule has 2 unspecified atom stereocenters. The maximum absolute atomic E-state index is 3.47. The molecule has 1 saturated carbocycles. The first-order valence-electron chi connectivity index (χ1n) is 8.22. The number of piperidine rings is 1. The molecular weight excluding hydrogens is 220 g/mol. The molecule has 0 spiro atoms. The van der Waals surface area contributed by atoms with Crippen LogP contribution in [0.2, 0.25) is 0 Å². The quantitative estimate of drug-likeness (QED) is 0.808. The number of hydrogen-bond acceptors (Lipinski definition) is 2. The molecule has 2 rings (SSSR count). The van der Waals surface area contributed by atoms with Crippen LogP contribution in [-0.4, -0.2) is 37.6 Å². The van der Waals surface area contributed by atoms with Gasteiger partial charge in [0.05, 0.1) is 0 Å². The summed E-state index contributed by atoms with van der Waals surface area (Å²) in [7, 11) is 2.37. The fraction of sp³-hybridized carbons (Fsp3) is 1.00. The van der Waals surface area contributed by atoms with Crippen molar-refractivity contribution in [1.82, 2.24) is 10.2 Å². The normalized spacial score (nSPS) is 30.8. The number of nitrogens with one attached hydrogen (secondary N) is 1. The third-order valence-corrected chi connectivity index (χ3v) is 5.31. The summed E-state index contributed by atoms with van der Waals surface area (Å²) < 4.78 is 0. The summed E-state index contributed by atoms with van der Waals surface area (Å²) in [6.07, 6.45) is 11.4. The Labute approximate surface area is 114 Å². The van der Waals surface area contributed by atoms with Gasteiger partial charge in [-0.1, -0.05) is 26.2 Å². The minimum absolute atomic E-state index is 0.880.